The van der Waals surface area contributed by atoms with Gasteiger partial charge >= 0.3 is 0 Å². The van der Waals surface area contributed by atoms with Gasteiger partial charge in [0.25, 0.3) is 0 Å². The maximum Gasteiger partial charge on any atom is 0.0932 e. The Morgan fingerprint density at radius 3 is 2.63 bits per heavy atom. The van der Waals surface area contributed by atoms with Crippen LogP contribution in [-0.2, 0) is 4.74 Å². The summed E-state index contributed by atoms with van der Waals surface area (Å²) in [4.78, 5) is 0. The number of benzene rings is 1. The fourth-order valence-corrected chi connectivity index (χ4v) is 3.72. The van der Waals surface area contributed by atoms with Crippen LogP contribution < -0.4 is 0 Å². The predicted octanol–water partition coefficient (Wildman–Crippen LogP) is 5.66. The molecule has 1 saturated carbocycles. The zero-order valence-electron chi connectivity index (χ0n) is 11.6. The van der Waals surface area contributed by atoms with Crippen LogP contribution in [-0.4, -0.2) is 10.5 Å². The Morgan fingerprint density at radius 2 is 2.00 bits per heavy atom. The summed E-state index contributed by atoms with van der Waals surface area (Å²) in [6.07, 6.45) is 4.16. The summed E-state index contributed by atoms with van der Waals surface area (Å²) in [5.41, 5.74) is 1.13. The van der Waals surface area contributed by atoms with Crippen molar-refractivity contribution in [3.63, 3.8) is 0 Å². The molecular weight excluding hydrogens is 371 g/mol. The number of halogens is 2. The molecule has 19 heavy (non-hydrogen) atoms. The summed E-state index contributed by atoms with van der Waals surface area (Å²) in [7, 11) is 0. The van der Waals surface area contributed by atoms with Crippen LogP contribution in [0.25, 0.3) is 0 Å². The third kappa shape index (κ3) is 4.08. The highest BCUT2D eigenvalue weighted by Gasteiger charge is 2.27. The fourth-order valence-electron chi connectivity index (χ4n) is 2.78. The minimum atomic E-state index is 0.125. The van der Waals surface area contributed by atoms with E-state index in [1.807, 2.05) is 18.2 Å². The first kappa shape index (κ1) is 15.6. The SMILES string of the molecule is CC1CCC(OC(CI)c2ccccc2Cl)CC1C. The van der Waals surface area contributed by atoms with Crippen LogP contribution in [0.2, 0.25) is 5.02 Å². The van der Waals surface area contributed by atoms with Crippen LogP contribution in [0.1, 0.15) is 44.8 Å². The minimum absolute atomic E-state index is 0.125. The van der Waals surface area contributed by atoms with E-state index in [2.05, 4.69) is 42.5 Å². The molecule has 2 rings (SSSR count). The second kappa shape index (κ2) is 7.28. The molecule has 1 aliphatic carbocycles. The molecule has 0 N–H and O–H groups in total. The first-order valence-corrected chi connectivity index (χ1v) is 8.98. The van der Waals surface area contributed by atoms with Gasteiger partial charge in [0, 0.05) is 15.0 Å². The van der Waals surface area contributed by atoms with Crippen LogP contribution >= 0.6 is 34.2 Å². The molecule has 106 valence electrons. The van der Waals surface area contributed by atoms with Gasteiger partial charge in [-0.15, -0.1) is 0 Å². The molecule has 0 heterocycles. The number of hydrogen-bond donors (Lipinski definition) is 0. The van der Waals surface area contributed by atoms with Gasteiger partial charge in [-0.3, -0.25) is 0 Å². The van der Waals surface area contributed by atoms with E-state index in [0.717, 1.165) is 26.8 Å². The lowest BCUT2D eigenvalue weighted by Crippen LogP contribution is -2.28. The van der Waals surface area contributed by atoms with E-state index >= 15 is 0 Å². The first-order chi connectivity index (χ1) is 9.11. The van der Waals surface area contributed by atoms with Gasteiger partial charge in [-0.1, -0.05) is 66.2 Å². The number of hydrogen-bond acceptors (Lipinski definition) is 1. The van der Waals surface area contributed by atoms with Crippen molar-refractivity contribution in [3.8, 4) is 0 Å². The lowest BCUT2D eigenvalue weighted by Gasteiger charge is -2.34. The lowest BCUT2D eigenvalue weighted by molar-refractivity contribution is -0.0376. The van der Waals surface area contributed by atoms with Crippen LogP contribution in [0.15, 0.2) is 24.3 Å². The maximum atomic E-state index is 6.33. The molecule has 1 nitrogen and oxygen atoms in total. The Bertz CT molecular complexity index is 409. The van der Waals surface area contributed by atoms with E-state index in [1.165, 1.54) is 19.3 Å². The smallest absolute Gasteiger partial charge is 0.0932 e. The fraction of sp³-hybridized carbons (Fsp3) is 0.625. The van der Waals surface area contributed by atoms with Gasteiger partial charge in [0.15, 0.2) is 0 Å². The normalized spacial score (nSPS) is 29.2. The Kier molecular flexibility index (Phi) is 5.97. The maximum absolute atomic E-state index is 6.33. The van der Waals surface area contributed by atoms with Crippen molar-refractivity contribution in [2.24, 2.45) is 11.8 Å². The summed E-state index contributed by atoms with van der Waals surface area (Å²) in [5.74, 6) is 1.60. The average molecular weight is 393 g/mol. The highest BCUT2D eigenvalue weighted by Crippen LogP contribution is 2.35. The highest BCUT2D eigenvalue weighted by molar-refractivity contribution is 14.1. The third-order valence-corrected chi connectivity index (χ3v) is 5.44. The van der Waals surface area contributed by atoms with E-state index in [1.54, 1.807) is 0 Å². The van der Waals surface area contributed by atoms with Crippen molar-refractivity contribution >= 4 is 34.2 Å². The molecule has 0 saturated heterocycles. The standard InChI is InChI=1S/C16H22ClIO/c1-11-7-8-13(9-12(11)2)19-16(10-18)14-5-3-4-6-15(14)17/h3-6,11-13,16H,7-10H2,1-2H3. The van der Waals surface area contributed by atoms with Gasteiger partial charge in [0.2, 0.25) is 0 Å². The summed E-state index contributed by atoms with van der Waals surface area (Å²) in [5, 5.41) is 0.821. The molecule has 0 radical (unpaired) electrons. The lowest BCUT2D eigenvalue weighted by atomic mass is 9.80. The van der Waals surface area contributed by atoms with E-state index in [0.29, 0.717) is 6.10 Å². The molecule has 1 aromatic carbocycles. The molecule has 1 aromatic rings. The molecule has 1 aliphatic rings. The zero-order valence-corrected chi connectivity index (χ0v) is 14.5. The van der Waals surface area contributed by atoms with Gasteiger partial charge in [0.1, 0.15) is 0 Å². The second-order valence-electron chi connectivity index (χ2n) is 5.69. The van der Waals surface area contributed by atoms with E-state index in [9.17, 15) is 0 Å². The van der Waals surface area contributed by atoms with Crippen molar-refractivity contribution < 1.29 is 4.74 Å². The van der Waals surface area contributed by atoms with Crippen LogP contribution in [0, 0.1) is 11.8 Å². The molecular formula is C16H22ClIO. The van der Waals surface area contributed by atoms with Crippen molar-refractivity contribution in [2.75, 3.05) is 4.43 Å². The molecule has 1 fully saturated rings. The third-order valence-electron chi connectivity index (χ3n) is 4.30. The minimum Gasteiger partial charge on any atom is -0.369 e. The van der Waals surface area contributed by atoms with Crippen molar-refractivity contribution in [1.82, 2.24) is 0 Å². The van der Waals surface area contributed by atoms with Gasteiger partial charge in [-0.25, -0.2) is 0 Å². The summed E-state index contributed by atoms with van der Waals surface area (Å²) in [6.45, 7) is 4.69. The van der Waals surface area contributed by atoms with Crippen molar-refractivity contribution in [2.45, 2.75) is 45.3 Å². The summed E-state index contributed by atoms with van der Waals surface area (Å²) in [6, 6.07) is 8.04. The van der Waals surface area contributed by atoms with E-state index < -0.39 is 0 Å². The van der Waals surface area contributed by atoms with Crippen molar-refractivity contribution in [1.29, 1.82) is 0 Å². The zero-order chi connectivity index (χ0) is 13.8. The van der Waals surface area contributed by atoms with E-state index in [4.69, 9.17) is 16.3 Å². The topological polar surface area (TPSA) is 9.23 Å². The summed E-state index contributed by atoms with van der Waals surface area (Å²) < 4.78 is 7.28. The molecule has 0 spiro atoms. The first-order valence-electron chi connectivity index (χ1n) is 7.07. The molecule has 0 aromatic heterocycles. The van der Waals surface area contributed by atoms with Gasteiger partial charge in [-0.05, 0) is 37.2 Å². The second-order valence-corrected chi connectivity index (χ2v) is 6.98. The Balaban J connectivity index is 2.02. The number of ether oxygens (including phenoxy) is 1. The quantitative estimate of drug-likeness (QED) is 0.475. The van der Waals surface area contributed by atoms with Gasteiger partial charge < -0.3 is 4.74 Å². The highest BCUT2D eigenvalue weighted by atomic mass is 127. The Hall–Kier alpha value is 0.200. The predicted molar refractivity (Wildman–Crippen MR) is 90.1 cm³/mol. The number of rotatable bonds is 4. The van der Waals surface area contributed by atoms with Crippen LogP contribution in [0.5, 0.6) is 0 Å². The monoisotopic (exact) mass is 392 g/mol. The molecule has 0 aliphatic heterocycles. The van der Waals surface area contributed by atoms with E-state index in [-0.39, 0.29) is 6.10 Å². The Labute approximate surface area is 135 Å². The molecule has 4 atom stereocenters. The molecule has 3 heteroatoms. The largest absolute Gasteiger partial charge is 0.369 e. The molecule has 0 amide bonds. The summed E-state index contributed by atoms with van der Waals surface area (Å²) >= 11 is 8.68. The number of alkyl halides is 1. The average Bonchev–Trinajstić information content (AvgIpc) is 2.41. The Morgan fingerprint density at radius 1 is 1.26 bits per heavy atom. The molecule has 4 unspecified atom stereocenters. The van der Waals surface area contributed by atoms with Gasteiger partial charge in [-0.2, -0.15) is 0 Å². The molecule has 0 bridgehead atoms. The van der Waals surface area contributed by atoms with Crippen molar-refractivity contribution in [3.05, 3.63) is 34.9 Å². The van der Waals surface area contributed by atoms with Crippen LogP contribution in [0.4, 0.5) is 0 Å². The van der Waals surface area contributed by atoms with Crippen LogP contribution in [0.3, 0.4) is 0 Å². The van der Waals surface area contributed by atoms with Gasteiger partial charge in [0.05, 0.1) is 12.2 Å².